The maximum atomic E-state index is 11.2. The monoisotopic (exact) mass is 225 g/mol. The summed E-state index contributed by atoms with van der Waals surface area (Å²) in [6.45, 7) is 1.45. The molecule has 0 radical (unpaired) electrons. The third-order valence-corrected chi connectivity index (χ3v) is 4.06. The van der Waals surface area contributed by atoms with Crippen molar-refractivity contribution in [3.8, 4) is 0 Å². The molecule has 2 rings (SSSR count). The minimum absolute atomic E-state index is 0.524. The van der Waals surface area contributed by atoms with Crippen LogP contribution in [-0.2, 0) is 11.2 Å². The number of thiophene rings is 1. The van der Waals surface area contributed by atoms with Crippen molar-refractivity contribution in [3.63, 3.8) is 0 Å². The molecule has 1 fully saturated rings. The van der Waals surface area contributed by atoms with Crippen LogP contribution in [0.2, 0.25) is 0 Å². The molecule has 0 saturated carbocycles. The van der Waals surface area contributed by atoms with Gasteiger partial charge in [-0.3, -0.25) is 4.79 Å². The molecule has 0 bridgehead atoms. The number of hydrogen-bond donors (Lipinski definition) is 2. The van der Waals surface area contributed by atoms with Crippen LogP contribution in [0.3, 0.4) is 0 Å². The van der Waals surface area contributed by atoms with Crippen molar-refractivity contribution in [2.45, 2.75) is 19.3 Å². The van der Waals surface area contributed by atoms with Crippen molar-refractivity contribution in [2.75, 3.05) is 13.1 Å². The molecule has 1 aliphatic rings. The average Bonchev–Trinajstić information content (AvgIpc) is 2.87. The van der Waals surface area contributed by atoms with Crippen LogP contribution in [0.25, 0.3) is 0 Å². The second kappa shape index (κ2) is 4.33. The van der Waals surface area contributed by atoms with E-state index in [0.717, 1.165) is 25.8 Å². The highest BCUT2D eigenvalue weighted by molar-refractivity contribution is 7.09. The molecule has 15 heavy (non-hydrogen) atoms. The van der Waals surface area contributed by atoms with Gasteiger partial charge in [-0.1, -0.05) is 6.07 Å². The highest BCUT2D eigenvalue weighted by Gasteiger charge is 2.40. The first kappa shape index (κ1) is 10.6. The standard InChI is InChI=1S/C11H15NO2S/c13-10(14)11(5-6-12-8-11)4-3-9-2-1-7-15-9/h1-2,7,12H,3-6,8H2,(H,13,14). The van der Waals surface area contributed by atoms with Crippen LogP contribution in [0.1, 0.15) is 17.7 Å². The van der Waals surface area contributed by atoms with E-state index < -0.39 is 11.4 Å². The van der Waals surface area contributed by atoms with Gasteiger partial charge in [0, 0.05) is 11.4 Å². The molecule has 82 valence electrons. The average molecular weight is 225 g/mol. The van der Waals surface area contributed by atoms with Crippen molar-refractivity contribution >= 4 is 17.3 Å². The summed E-state index contributed by atoms with van der Waals surface area (Å²) < 4.78 is 0. The van der Waals surface area contributed by atoms with E-state index in [9.17, 15) is 9.90 Å². The Morgan fingerprint density at radius 1 is 1.67 bits per heavy atom. The summed E-state index contributed by atoms with van der Waals surface area (Å²) in [4.78, 5) is 12.5. The predicted molar refractivity (Wildman–Crippen MR) is 60.2 cm³/mol. The third kappa shape index (κ3) is 2.21. The van der Waals surface area contributed by atoms with Gasteiger partial charge in [0.1, 0.15) is 0 Å². The van der Waals surface area contributed by atoms with E-state index in [1.807, 2.05) is 11.4 Å². The molecule has 2 N–H and O–H groups in total. The summed E-state index contributed by atoms with van der Waals surface area (Å²) in [5, 5.41) is 14.4. The summed E-state index contributed by atoms with van der Waals surface area (Å²) in [5.74, 6) is -0.649. The lowest BCUT2D eigenvalue weighted by molar-refractivity contribution is -0.148. The number of hydrogen-bond acceptors (Lipinski definition) is 3. The number of nitrogens with one attached hydrogen (secondary N) is 1. The minimum atomic E-state index is -0.649. The van der Waals surface area contributed by atoms with Crippen LogP contribution in [-0.4, -0.2) is 24.2 Å². The van der Waals surface area contributed by atoms with Crippen LogP contribution in [0.4, 0.5) is 0 Å². The lowest BCUT2D eigenvalue weighted by Crippen LogP contribution is -2.33. The Morgan fingerprint density at radius 2 is 2.53 bits per heavy atom. The fraction of sp³-hybridized carbons (Fsp3) is 0.545. The van der Waals surface area contributed by atoms with Crippen LogP contribution in [0.15, 0.2) is 17.5 Å². The lowest BCUT2D eigenvalue weighted by atomic mass is 9.82. The van der Waals surface area contributed by atoms with Gasteiger partial charge < -0.3 is 10.4 Å². The number of carboxylic acid groups (broad SMARTS) is 1. The Kier molecular flexibility index (Phi) is 3.07. The fourth-order valence-electron chi connectivity index (χ4n) is 2.06. The Balaban J connectivity index is 1.99. The molecule has 1 atom stereocenters. The van der Waals surface area contributed by atoms with Crippen LogP contribution in [0.5, 0.6) is 0 Å². The van der Waals surface area contributed by atoms with E-state index in [1.54, 1.807) is 11.3 Å². The summed E-state index contributed by atoms with van der Waals surface area (Å²) >= 11 is 1.70. The smallest absolute Gasteiger partial charge is 0.310 e. The minimum Gasteiger partial charge on any atom is -0.481 e. The van der Waals surface area contributed by atoms with Gasteiger partial charge >= 0.3 is 5.97 Å². The molecule has 1 aliphatic heterocycles. The second-order valence-electron chi connectivity index (χ2n) is 4.09. The quantitative estimate of drug-likeness (QED) is 0.820. The first-order chi connectivity index (χ1) is 7.23. The molecule has 0 spiro atoms. The molecular formula is C11H15NO2S. The number of rotatable bonds is 4. The Hall–Kier alpha value is -0.870. The maximum absolute atomic E-state index is 11.2. The number of aliphatic carboxylic acids is 1. The Bertz CT molecular complexity index is 328. The molecule has 1 aromatic heterocycles. The van der Waals surface area contributed by atoms with Crippen molar-refractivity contribution in [1.82, 2.24) is 5.32 Å². The zero-order chi connectivity index (χ0) is 10.7. The number of aryl methyl sites for hydroxylation is 1. The molecule has 1 unspecified atom stereocenters. The van der Waals surface area contributed by atoms with Gasteiger partial charge in [-0.2, -0.15) is 0 Å². The predicted octanol–water partition coefficient (Wildman–Crippen LogP) is 1.74. The molecule has 4 heteroatoms. The second-order valence-corrected chi connectivity index (χ2v) is 5.12. The summed E-state index contributed by atoms with van der Waals surface area (Å²) in [7, 11) is 0. The van der Waals surface area contributed by atoms with E-state index in [4.69, 9.17) is 0 Å². The Labute approximate surface area is 93.1 Å². The molecule has 0 amide bonds. The van der Waals surface area contributed by atoms with Crippen molar-refractivity contribution in [2.24, 2.45) is 5.41 Å². The summed E-state index contributed by atoms with van der Waals surface area (Å²) in [5.41, 5.74) is -0.524. The number of carbonyl (C=O) groups is 1. The van der Waals surface area contributed by atoms with E-state index >= 15 is 0 Å². The Morgan fingerprint density at radius 3 is 3.07 bits per heavy atom. The zero-order valence-electron chi connectivity index (χ0n) is 8.53. The van der Waals surface area contributed by atoms with E-state index in [-0.39, 0.29) is 0 Å². The summed E-state index contributed by atoms with van der Waals surface area (Å²) in [6.07, 6.45) is 2.38. The largest absolute Gasteiger partial charge is 0.481 e. The highest BCUT2D eigenvalue weighted by atomic mass is 32.1. The van der Waals surface area contributed by atoms with Crippen LogP contribution in [0, 0.1) is 5.41 Å². The normalized spacial score (nSPS) is 25.6. The van der Waals surface area contributed by atoms with Crippen molar-refractivity contribution < 1.29 is 9.90 Å². The number of carboxylic acids is 1. The topological polar surface area (TPSA) is 49.3 Å². The van der Waals surface area contributed by atoms with Gasteiger partial charge in [-0.05, 0) is 37.3 Å². The molecule has 1 saturated heterocycles. The van der Waals surface area contributed by atoms with Gasteiger partial charge in [0.05, 0.1) is 5.41 Å². The lowest BCUT2D eigenvalue weighted by Gasteiger charge is -2.22. The van der Waals surface area contributed by atoms with E-state index in [0.29, 0.717) is 6.54 Å². The molecule has 0 aliphatic carbocycles. The molecule has 2 heterocycles. The first-order valence-electron chi connectivity index (χ1n) is 5.19. The van der Waals surface area contributed by atoms with Crippen LogP contribution < -0.4 is 5.32 Å². The van der Waals surface area contributed by atoms with E-state index in [1.165, 1.54) is 4.88 Å². The van der Waals surface area contributed by atoms with Crippen LogP contribution >= 0.6 is 11.3 Å². The van der Waals surface area contributed by atoms with Crippen molar-refractivity contribution in [1.29, 1.82) is 0 Å². The highest BCUT2D eigenvalue weighted by Crippen LogP contribution is 2.32. The SMILES string of the molecule is O=C(O)C1(CCc2cccs2)CCNC1. The van der Waals surface area contributed by atoms with Gasteiger partial charge in [0.2, 0.25) is 0 Å². The molecular weight excluding hydrogens is 210 g/mol. The summed E-state index contributed by atoms with van der Waals surface area (Å²) in [6, 6.07) is 4.09. The van der Waals surface area contributed by atoms with Gasteiger partial charge in [0.15, 0.2) is 0 Å². The third-order valence-electron chi connectivity index (χ3n) is 3.13. The first-order valence-corrected chi connectivity index (χ1v) is 6.07. The zero-order valence-corrected chi connectivity index (χ0v) is 9.35. The molecule has 3 nitrogen and oxygen atoms in total. The van der Waals surface area contributed by atoms with E-state index in [2.05, 4.69) is 11.4 Å². The van der Waals surface area contributed by atoms with Gasteiger partial charge in [-0.15, -0.1) is 11.3 Å². The fourth-order valence-corrected chi connectivity index (χ4v) is 2.77. The molecule has 1 aromatic rings. The molecule has 0 aromatic carbocycles. The van der Waals surface area contributed by atoms with Crippen molar-refractivity contribution in [3.05, 3.63) is 22.4 Å². The van der Waals surface area contributed by atoms with Gasteiger partial charge in [0.25, 0.3) is 0 Å². The van der Waals surface area contributed by atoms with Gasteiger partial charge in [-0.25, -0.2) is 0 Å². The maximum Gasteiger partial charge on any atom is 0.310 e.